The highest BCUT2D eigenvalue weighted by Crippen LogP contribution is 2.17. The number of rotatable bonds is 3. The van der Waals surface area contributed by atoms with Crippen molar-refractivity contribution in [3.63, 3.8) is 0 Å². The maximum Gasteiger partial charge on any atom is 0.318 e. The summed E-state index contributed by atoms with van der Waals surface area (Å²) in [6.07, 6.45) is 0.494. The zero-order valence-electron chi connectivity index (χ0n) is 12.3. The van der Waals surface area contributed by atoms with E-state index >= 15 is 0 Å². The lowest BCUT2D eigenvalue weighted by Gasteiger charge is -2.30. The van der Waals surface area contributed by atoms with Crippen LogP contribution in [0.15, 0.2) is 24.3 Å². The van der Waals surface area contributed by atoms with Gasteiger partial charge in [-0.05, 0) is 18.1 Å². The van der Waals surface area contributed by atoms with Gasteiger partial charge in [0.25, 0.3) is 0 Å². The largest absolute Gasteiger partial charge is 0.468 e. The Kier molecular flexibility index (Phi) is 4.73. The van der Waals surface area contributed by atoms with E-state index in [0.717, 1.165) is 11.1 Å². The molecule has 0 bridgehead atoms. The molecule has 1 aliphatic heterocycles. The number of ether oxygens (including phenoxy) is 1. The van der Waals surface area contributed by atoms with E-state index in [1.165, 1.54) is 7.11 Å². The number of Topliss-reactive ketones (excluding diaryl/α,β-unsaturated/α-hetero) is 1. The smallest absolute Gasteiger partial charge is 0.318 e. The standard InChI is InChI=1S/C16H19NO4/c1-11-5-3-4-6-12(11)9-15(19)17-8-7-14(18)13(10-17)16(20)21-2/h3-6,13H,7-10H2,1-2H3. The number of ketones is 1. The number of piperidine rings is 1. The number of methoxy groups -OCH3 is 1. The number of aryl methyl sites for hydroxylation is 1. The number of carbonyl (C=O) groups is 3. The average molecular weight is 289 g/mol. The van der Waals surface area contributed by atoms with Crippen molar-refractivity contribution >= 4 is 17.7 Å². The molecule has 21 heavy (non-hydrogen) atoms. The molecule has 0 N–H and O–H groups in total. The Bertz CT molecular complexity index is 559. The molecular weight excluding hydrogens is 270 g/mol. The van der Waals surface area contributed by atoms with Crippen LogP contribution in [0.2, 0.25) is 0 Å². The quantitative estimate of drug-likeness (QED) is 0.618. The van der Waals surface area contributed by atoms with Crippen LogP contribution in [0.1, 0.15) is 17.5 Å². The highest BCUT2D eigenvalue weighted by atomic mass is 16.5. The third-order valence-electron chi connectivity index (χ3n) is 3.86. The maximum atomic E-state index is 12.3. The first kappa shape index (κ1) is 15.2. The van der Waals surface area contributed by atoms with Crippen LogP contribution in [0.5, 0.6) is 0 Å². The molecular formula is C16H19NO4. The highest BCUT2D eigenvalue weighted by molar-refractivity contribution is 6.00. The summed E-state index contributed by atoms with van der Waals surface area (Å²) in [4.78, 5) is 37.2. The van der Waals surface area contributed by atoms with E-state index in [2.05, 4.69) is 4.74 Å². The van der Waals surface area contributed by atoms with Gasteiger partial charge in [-0.1, -0.05) is 24.3 Å². The molecule has 2 rings (SSSR count). The van der Waals surface area contributed by atoms with Crippen molar-refractivity contribution in [3.8, 4) is 0 Å². The van der Waals surface area contributed by atoms with Gasteiger partial charge < -0.3 is 9.64 Å². The van der Waals surface area contributed by atoms with Crippen LogP contribution in [0.3, 0.4) is 0 Å². The van der Waals surface area contributed by atoms with E-state index in [9.17, 15) is 14.4 Å². The Morgan fingerprint density at radius 1 is 1.33 bits per heavy atom. The van der Waals surface area contributed by atoms with Crippen molar-refractivity contribution in [2.75, 3.05) is 20.2 Å². The lowest BCUT2D eigenvalue weighted by Crippen LogP contribution is -2.47. The molecule has 0 saturated carbocycles. The summed E-state index contributed by atoms with van der Waals surface area (Å²) in [5, 5.41) is 0. The molecule has 0 aliphatic carbocycles. The fourth-order valence-electron chi connectivity index (χ4n) is 2.49. The Morgan fingerprint density at radius 3 is 2.71 bits per heavy atom. The van der Waals surface area contributed by atoms with Crippen LogP contribution in [0.25, 0.3) is 0 Å². The van der Waals surface area contributed by atoms with Gasteiger partial charge in [0.15, 0.2) is 5.78 Å². The number of carbonyl (C=O) groups excluding carboxylic acids is 3. The van der Waals surface area contributed by atoms with E-state index in [-0.39, 0.29) is 31.1 Å². The molecule has 0 radical (unpaired) electrons. The molecule has 5 heteroatoms. The van der Waals surface area contributed by atoms with Crippen molar-refractivity contribution in [1.29, 1.82) is 0 Å². The first-order chi connectivity index (χ1) is 10.0. The lowest BCUT2D eigenvalue weighted by molar-refractivity contribution is -0.153. The molecule has 1 heterocycles. The predicted octanol–water partition coefficient (Wildman–Crippen LogP) is 1.13. The third-order valence-corrected chi connectivity index (χ3v) is 3.86. The van der Waals surface area contributed by atoms with E-state index in [4.69, 9.17) is 0 Å². The van der Waals surface area contributed by atoms with Gasteiger partial charge in [0.2, 0.25) is 5.91 Å². The van der Waals surface area contributed by atoms with Crippen LogP contribution in [0.4, 0.5) is 0 Å². The molecule has 112 valence electrons. The van der Waals surface area contributed by atoms with Crippen molar-refractivity contribution in [3.05, 3.63) is 35.4 Å². The van der Waals surface area contributed by atoms with Gasteiger partial charge in [0.05, 0.1) is 13.5 Å². The minimum atomic E-state index is -0.843. The summed E-state index contributed by atoms with van der Waals surface area (Å²) in [6.45, 7) is 2.45. The van der Waals surface area contributed by atoms with Gasteiger partial charge in [-0.2, -0.15) is 0 Å². The van der Waals surface area contributed by atoms with Crippen LogP contribution < -0.4 is 0 Å². The van der Waals surface area contributed by atoms with Crippen LogP contribution in [0, 0.1) is 12.8 Å². The molecule has 0 aromatic heterocycles. The van der Waals surface area contributed by atoms with E-state index in [0.29, 0.717) is 6.54 Å². The average Bonchev–Trinajstić information content (AvgIpc) is 2.49. The molecule has 1 unspecified atom stereocenters. The van der Waals surface area contributed by atoms with Gasteiger partial charge in [-0.15, -0.1) is 0 Å². The fraction of sp³-hybridized carbons (Fsp3) is 0.438. The Hall–Kier alpha value is -2.17. The first-order valence-corrected chi connectivity index (χ1v) is 6.95. The van der Waals surface area contributed by atoms with Gasteiger partial charge in [0, 0.05) is 19.5 Å². The second kappa shape index (κ2) is 6.52. The predicted molar refractivity (Wildman–Crippen MR) is 76.6 cm³/mol. The van der Waals surface area contributed by atoms with E-state index in [1.54, 1.807) is 4.90 Å². The molecule has 5 nitrogen and oxygen atoms in total. The minimum Gasteiger partial charge on any atom is -0.468 e. The van der Waals surface area contributed by atoms with Crippen molar-refractivity contribution in [2.45, 2.75) is 19.8 Å². The summed E-state index contributed by atoms with van der Waals surface area (Å²) >= 11 is 0. The fourth-order valence-corrected chi connectivity index (χ4v) is 2.49. The summed E-state index contributed by atoms with van der Waals surface area (Å²) in [6, 6.07) is 7.70. The van der Waals surface area contributed by atoms with E-state index < -0.39 is 11.9 Å². The van der Waals surface area contributed by atoms with E-state index in [1.807, 2.05) is 31.2 Å². The van der Waals surface area contributed by atoms with Crippen molar-refractivity contribution in [1.82, 2.24) is 4.90 Å². The number of nitrogens with zero attached hydrogens (tertiary/aromatic N) is 1. The first-order valence-electron chi connectivity index (χ1n) is 6.95. The Labute approximate surface area is 123 Å². The molecule has 1 aromatic rings. The van der Waals surface area contributed by atoms with Crippen molar-refractivity contribution in [2.24, 2.45) is 5.92 Å². The summed E-state index contributed by atoms with van der Waals surface area (Å²) in [5.41, 5.74) is 2.03. The minimum absolute atomic E-state index is 0.0642. The molecule has 1 aliphatic rings. The van der Waals surface area contributed by atoms with Crippen LogP contribution in [-0.2, 0) is 25.5 Å². The molecule has 0 spiro atoms. The normalized spacial score (nSPS) is 18.5. The molecule has 1 amide bonds. The SMILES string of the molecule is COC(=O)C1CN(C(=O)Cc2ccccc2C)CCC1=O. The summed E-state index contributed by atoms with van der Waals surface area (Å²) in [7, 11) is 1.25. The number of hydrogen-bond donors (Lipinski definition) is 0. The zero-order valence-corrected chi connectivity index (χ0v) is 12.3. The van der Waals surface area contributed by atoms with Crippen LogP contribution >= 0.6 is 0 Å². The van der Waals surface area contributed by atoms with Gasteiger partial charge >= 0.3 is 5.97 Å². The van der Waals surface area contributed by atoms with Gasteiger partial charge in [0.1, 0.15) is 5.92 Å². The maximum absolute atomic E-state index is 12.3. The topological polar surface area (TPSA) is 63.7 Å². The second-order valence-electron chi connectivity index (χ2n) is 5.24. The molecule has 1 saturated heterocycles. The number of likely N-dealkylation sites (tertiary alicyclic amines) is 1. The molecule has 1 atom stereocenters. The van der Waals surface area contributed by atoms with Crippen LogP contribution in [-0.4, -0.2) is 42.8 Å². The number of esters is 1. The number of hydrogen-bond acceptors (Lipinski definition) is 4. The monoisotopic (exact) mass is 289 g/mol. The van der Waals surface area contributed by atoms with Crippen molar-refractivity contribution < 1.29 is 19.1 Å². The molecule has 1 aromatic carbocycles. The summed E-state index contributed by atoms with van der Waals surface area (Å²) < 4.78 is 4.63. The third kappa shape index (κ3) is 3.48. The molecule has 1 fully saturated rings. The lowest BCUT2D eigenvalue weighted by atomic mass is 9.95. The van der Waals surface area contributed by atoms with Gasteiger partial charge in [-0.25, -0.2) is 0 Å². The Balaban J connectivity index is 2.05. The van der Waals surface area contributed by atoms with Gasteiger partial charge in [-0.3, -0.25) is 14.4 Å². The second-order valence-corrected chi connectivity index (χ2v) is 5.24. The number of amides is 1. The summed E-state index contributed by atoms with van der Waals surface area (Å²) in [5.74, 6) is -1.62. The Morgan fingerprint density at radius 2 is 2.05 bits per heavy atom. The number of benzene rings is 1. The zero-order chi connectivity index (χ0) is 15.4. The highest BCUT2D eigenvalue weighted by Gasteiger charge is 2.35.